The van der Waals surface area contributed by atoms with Gasteiger partial charge in [-0.3, -0.25) is 10.2 Å². The molecule has 1 aliphatic carbocycles. The van der Waals surface area contributed by atoms with E-state index in [1.54, 1.807) is 0 Å². The first-order chi connectivity index (χ1) is 16.5. The fraction of sp³-hybridized carbons (Fsp3) is 0.375. The Labute approximate surface area is 205 Å². The Bertz CT molecular complexity index is 1240. The zero-order valence-electron chi connectivity index (χ0n) is 19.2. The van der Waals surface area contributed by atoms with E-state index in [1.807, 2.05) is 0 Å². The molecule has 186 valence electrons. The summed E-state index contributed by atoms with van der Waals surface area (Å²) in [6.45, 7) is 4.04. The summed E-state index contributed by atoms with van der Waals surface area (Å²) in [6.07, 6.45) is 6.32. The van der Waals surface area contributed by atoms with Gasteiger partial charge in [0, 0.05) is 22.3 Å². The molecule has 1 saturated carbocycles. The number of rotatable bonds is 5. The molecule has 1 aliphatic rings. The third kappa shape index (κ3) is 5.59. The minimum atomic E-state index is -0.776. The van der Waals surface area contributed by atoms with E-state index in [2.05, 4.69) is 29.2 Å². The maximum absolute atomic E-state index is 14.9. The van der Waals surface area contributed by atoms with E-state index in [9.17, 15) is 23.2 Å². The molecule has 0 unspecified atom stereocenters. The van der Waals surface area contributed by atoms with Gasteiger partial charge in [-0.1, -0.05) is 25.4 Å². The number of urea groups is 1. The predicted octanol–water partition coefficient (Wildman–Crippen LogP) is 5.87. The van der Waals surface area contributed by atoms with Crippen molar-refractivity contribution in [2.24, 2.45) is 5.41 Å². The number of amides is 2. The fourth-order valence-corrected chi connectivity index (χ4v) is 4.43. The molecule has 0 aliphatic heterocycles. The van der Waals surface area contributed by atoms with Crippen LogP contribution in [0.4, 0.5) is 18.0 Å². The molecule has 0 saturated heterocycles. The zero-order valence-corrected chi connectivity index (χ0v) is 20.0. The van der Waals surface area contributed by atoms with Crippen molar-refractivity contribution in [3.63, 3.8) is 0 Å². The first-order valence-corrected chi connectivity index (χ1v) is 11.5. The minimum absolute atomic E-state index is 0.0553. The third-order valence-electron chi connectivity index (χ3n) is 6.31. The number of carbonyl (C=O) groups excluding carboxylic acids is 1. The summed E-state index contributed by atoms with van der Waals surface area (Å²) in [6, 6.07) is 2.52. The largest absolute Gasteiger partial charge is 0.341 e. The zero-order chi connectivity index (χ0) is 25.3. The third-order valence-corrected chi connectivity index (χ3v) is 6.52. The maximum Gasteiger partial charge on any atom is 0.341 e. The molecule has 0 bridgehead atoms. The van der Waals surface area contributed by atoms with Crippen LogP contribution >= 0.6 is 11.6 Å². The second-order valence-corrected chi connectivity index (χ2v) is 9.87. The molecule has 0 spiro atoms. The molecule has 2 aromatic heterocycles. The average Bonchev–Trinajstić information content (AvgIpc) is 3.22. The van der Waals surface area contributed by atoms with Crippen molar-refractivity contribution < 1.29 is 23.2 Å². The quantitative estimate of drug-likeness (QED) is 0.334. The van der Waals surface area contributed by atoms with Gasteiger partial charge in [-0.05, 0) is 49.3 Å². The summed E-state index contributed by atoms with van der Waals surface area (Å²) in [5.74, 6) is -2.21. The molecule has 35 heavy (non-hydrogen) atoms. The highest BCUT2D eigenvalue weighted by Gasteiger charge is 2.32. The number of carbonyl (C=O) groups is 1. The highest BCUT2D eigenvalue weighted by atomic mass is 35.5. The number of aromatic nitrogens is 3. The summed E-state index contributed by atoms with van der Waals surface area (Å²) in [7, 11) is 0. The Kier molecular flexibility index (Phi) is 7.05. The summed E-state index contributed by atoms with van der Waals surface area (Å²) in [4.78, 5) is 16.4. The molecule has 3 aromatic rings. The van der Waals surface area contributed by atoms with Crippen LogP contribution in [0.15, 0.2) is 36.8 Å². The Morgan fingerprint density at radius 3 is 2.54 bits per heavy atom. The van der Waals surface area contributed by atoms with Crippen molar-refractivity contribution in [1.82, 2.24) is 25.1 Å². The van der Waals surface area contributed by atoms with E-state index in [0.717, 1.165) is 42.0 Å². The number of benzene rings is 1. The van der Waals surface area contributed by atoms with Gasteiger partial charge in [-0.2, -0.15) is 5.10 Å². The average molecular weight is 508 g/mol. The molecule has 4 rings (SSSR count). The molecule has 2 amide bonds. The van der Waals surface area contributed by atoms with E-state index in [-0.39, 0.29) is 45.5 Å². The molecule has 1 fully saturated rings. The number of halogens is 4. The van der Waals surface area contributed by atoms with Crippen LogP contribution in [0.25, 0.3) is 16.8 Å². The standard InChI is InChI=1S/C24H25ClF3N5O2/c1-24(2)5-3-17(4-6-24)33(35)23(34)30-12-21-19(27)7-14(10-29-21)18-8-15(25)9-20(28)22(18)32-13-16(26)11-31-32/h7-11,13,17,35H,3-6,12H2,1-2H3,(H,30,34). The van der Waals surface area contributed by atoms with Crippen molar-refractivity contribution in [2.45, 2.75) is 52.1 Å². The first-order valence-electron chi connectivity index (χ1n) is 11.1. The lowest BCUT2D eigenvalue weighted by atomic mass is 9.75. The molecule has 11 heteroatoms. The van der Waals surface area contributed by atoms with Gasteiger partial charge in [-0.25, -0.2) is 27.7 Å². The van der Waals surface area contributed by atoms with Gasteiger partial charge < -0.3 is 5.32 Å². The van der Waals surface area contributed by atoms with Gasteiger partial charge in [0.15, 0.2) is 11.6 Å². The summed E-state index contributed by atoms with van der Waals surface area (Å²) < 4.78 is 44.0. The van der Waals surface area contributed by atoms with Crippen LogP contribution in [-0.4, -0.2) is 37.1 Å². The predicted molar refractivity (Wildman–Crippen MR) is 124 cm³/mol. The molecular weight excluding hydrogens is 483 g/mol. The van der Waals surface area contributed by atoms with E-state index in [0.29, 0.717) is 17.9 Å². The molecule has 0 radical (unpaired) electrons. The Hall–Kier alpha value is -3.11. The minimum Gasteiger partial charge on any atom is -0.330 e. The molecule has 2 heterocycles. The van der Waals surface area contributed by atoms with Crippen molar-refractivity contribution in [3.05, 3.63) is 65.0 Å². The lowest BCUT2D eigenvalue weighted by Crippen LogP contribution is -2.46. The van der Waals surface area contributed by atoms with E-state index in [4.69, 9.17) is 11.6 Å². The fourth-order valence-electron chi connectivity index (χ4n) is 4.22. The molecule has 1 aromatic carbocycles. The number of hydrogen-bond acceptors (Lipinski definition) is 4. The van der Waals surface area contributed by atoms with Crippen LogP contribution in [0.5, 0.6) is 0 Å². The summed E-state index contributed by atoms with van der Waals surface area (Å²) in [5.41, 5.74) is 0.321. The highest BCUT2D eigenvalue weighted by Crippen LogP contribution is 2.36. The van der Waals surface area contributed by atoms with Crippen LogP contribution in [0.3, 0.4) is 0 Å². The topological polar surface area (TPSA) is 83.3 Å². The van der Waals surface area contributed by atoms with E-state index >= 15 is 0 Å². The molecular formula is C24H25ClF3N5O2. The monoisotopic (exact) mass is 507 g/mol. The molecule has 7 nitrogen and oxygen atoms in total. The Morgan fingerprint density at radius 2 is 1.91 bits per heavy atom. The van der Waals surface area contributed by atoms with Gasteiger partial charge in [0.25, 0.3) is 0 Å². The number of nitrogens with zero attached hydrogens (tertiary/aromatic N) is 4. The second-order valence-electron chi connectivity index (χ2n) is 9.44. The summed E-state index contributed by atoms with van der Waals surface area (Å²) >= 11 is 6.00. The van der Waals surface area contributed by atoms with Crippen LogP contribution < -0.4 is 5.32 Å². The number of pyridine rings is 1. The van der Waals surface area contributed by atoms with Gasteiger partial charge in [0.2, 0.25) is 0 Å². The number of hydrogen-bond donors (Lipinski definition) is 2. The first kappa shape index (κ1) is 25.0. The highest BCUT2D eigenvalue weighted by molar-refractivity contribution is 6.31. The van der Waals surface area contributed by atoms with Gasteiger partial charge in [0.05, 0.1) is 30.7 Å². The Balaban J connectivity index is 1.50. The number of nitrogens with one attached hydrogen (secondary N) is 1. The van der Waals surface area contributed by atoms with Crippen molar-refractivity contribution in [3.8, 4) is 16.8 Å². The maximum atomic E-state index is 14.9. The van der Waals surface area contributed by atoms with E-state index < -0.39 is 23.5 Å². The van der Waals surface area contributed by atoms with Gasteiger partial charge in [-0.15, -0.1) is 0 Å². The lowest BCUT2D eigenvalue weighted by molar-refractivity contribution is -0.0943. The smallest absolute Gasteiger partial charge is 0.330 e. The Morgan fingerprint density at radius 1 is 1.20 bits per heavy atom. The van der Waals surface area contributed by atoms with Crippen molar-refractivity contribution >= 4 is 17.6 Å². The SMILES string of the molecule is CC1(C)CCC(N(O)C(=O)NCc2ncc(-c3cc(Cl)cc(F)c3-n3cc(F)cn3)cc2F)CC1. The van der Waals surface area contributed by atoms with Crippen LogP contribution in [0.2, 0.25) is 5.02 Å². The lowest BCUT2D eigenvalue weighted by Gasteiger charge is -2.37. The molecule has 2 N–H and O–H groups in total. The van der Waals surface area contributed by atoms with Gasteiger partial charge in [0.1, 0.15) is 11.5 Å². The van der Waals surface area contributed by atoms with Crippen molar-refractivity contribution in [2.75, 3.05) is 0 Å². The van der Waals surface area contributed by atoms with Crippen LogP contribution in [0, 0.1) is 22.9 Å². The van der Waals surface area contributed by atoms with Crippen molar-refractivity contribution in [1.29, 1.82) is 0 Å². The van der Waals surface area contributed by atoms with Gasteiger partial charge >= 0.3 is 6.03 Å². The van der Waals surface area contributed by atoms with Crippen LogP contribution in [0.1, 0.15) is 45.2 Å². The summed E-state index contributed by atoms with van der Waals surface area (Å²) in [5, 5.41) is 17.3. The van der Waals surface area contributed by atoms with Crippen LogP contribution in [-0.2, 0) is 6.54 Å². The normalized spacial score (nSPS) is 15.7. The second kappa shape index (κ2) is 9.87. The number of hydroxylamine groups is 2. The molecule has 0 atom stereocenters. The van der Waals surface area contributed by atoms with E-state index in [1.165, 1.54) is 12.3 Å².